The van der Waals surface area contributed by atoms with Crippen molar-refractivity contribution in [1.29, 1.82) is 0 Å². The van der Waals surface area contributed by atoms with Crippen molar-refractivity contribution in [2.75, 3.05) is 13.0 Å². The summed E-state index contributed by atoms with van der Waals surface area (Å²) in [6.45, 7) is 0. The second-order valence-corrected chi connectivity index (χ2v) is 10.0. The first-order valence-corrected chi connectivity index (χ1v) is 10.2. The van der Waals surface area contributed by atoms with Crippen LogP contribution in [0, 0.1) is 0 Å². The highest BCUT2D eigenvalue weighted by molar-refractivity contribution is 6.87. The van der Waals surface area contributed by atoms with Gasteiger partial charge in [0.2, 0.25) is 8.32 Å². The van der Waals surface area contributed by atoms with Crippen LogP contribution in [0.5, 0.6) is 0 Å². The molecule has 1 nitrogen and oxygen atoms in total. The number of hydrogen-bond donors (Lipinski definition) is 0. The molecule has 19 heavy (non-hydrogen) atoms. The van der Waals surface area contributed by atoms with E-state index in [1.54, 1.807) is 0 Å². The van der Waals surface area contributed by atoms with Crippen molar-refractivity contribution in [2.45, 2.75) is 50.1 Å². The fourth-order valence-electron chi connectivity index (χ4n) is 3.59. The molecule has 3 heteroatoms. The lowest BCUT2D eigenvalue weighted by molar-refractivity contribution is 0.362. The van der Waals surface area contributed by atoms with Crippen LogP contribution in [0.2, 0.25) is 11.6 Å². The van der Waals surface area contributed by atoms with E-state index >= 15 is 0 Å². The van der Waals surface area contributed by atoms with E-state index < -0.39 is 8.32 Å². The van der Waals surface area contributed by atoms with E-state index in [2.05, 4.69) is 30.3 Å². The Hall–Kier alpha value is -0.313. The van der Waals surface area contributed by atoms with Crippen LogP contribution in [-0.2, 0) is 4.43 Å². The molecule has 2 rings (SSSR count). The Labute approximate surface area is 123 Å². The molecule has 0 aromatic heterocycles. The van der Waals surface area contributed by atoms with Crippen molar-refractivity contribution >= 4 is 25.1 Å². The molecule has 0 aliphatic heterocycles. The van der Waals surface area contributed by atoms with Gasteiger partial charge in [-0.25, -0.2) is 0 Å². The standard InChI is InChI=1S/C16H25ClOSi/c1-18-19(14-8-13-17,15-9-4-2-5-10-15)16-11-6-3-7-12-16/h2,4-5,9-10,16H,3,6-8,11-14H2,1H3. The molecule has 0 N–H and O–H groups in total. The fourth-order valence-corrected chi connectivity index (χ4v) is 8.69. The average Bonchev–Trinajstić information content (AvgIpc) is 2.51. The smallest absolute Gasteiger partial charge is 0.226 e. The SMILES string of the molecule is CO[Si](CCCCl)(c1ccccc1)C1CCCCC1. The third-order valence-electron chi connectivity index (χ3n) is 4.57. The van der Waals surface area contributed by atoms with Crippen LogP contribution in [0.3, 0.4) is 0 Å². The number of benzene rings is 1. The van der Waals surface area contributed by atoms with Crippen LogP contribution in [0.4, 0.5) is 0 Å². The summed E-state index contributed by atoms with van der Waals surface area (Å²) in [6, 6.07) is 12.1. The molecule has 1 aliphatic carbocycles. The number of hydrogen-bond acceptors (Lipinski definition) is 1. The van der Waals surface area contributed by atoms with Crippen molar-refractivity contribution in [3.63, 3.8) is 0 Å². The molecule has 1 fully saturated rings. The van der Waals surface area contributed by atoms with Crippen molar-refractivity contribution < 1.29 is 4.43 Å². The highest BCUT2D eigenvalue weighted by atomic mass is 35.5. The van der Waals surface area contributed by atoms with Gasteiger partial charge in [0.25, 0.3) is 0 Å². The summed E-state index contributed by atoms with van der Waals surface area (Å²) in [5.74, 6) is 0.748. The van der Waals surface area contributed by atoms with Crippen molar-refractivity contribution in [3.8, 4) is 0 Å². The number of rotatable bonds is 6. The van der Waals surface area contributed by atoms with Crippen LogP contribution in [0.1, 0.15) is 38.5 Å². The predicted molar refractivity (Wildman–Crippen MR) is 85.8 cm³/mol. The van der Waals surface area contributed by atoms with E-state index in [0.29, 0.717) is 0 Å². The van der Waals surface area contributed by atoms with Gasteiger partial charge in [0.05, 0.1) is 0 Å². The van der Waals surface area contributed by atoms with Gasteiger partial charge in [-0.15, -0.1) is 11.6 Å². The van der Waals surface area contributed by atoms with E-state index in [0.717, 1.165) is 17.8 Å². The Bertz CT molecular complexity index is 364. The largest absolute Gasteiger partial charge is 0.415 e. The summed E-state index contributed by atoms with van der Waals surface area (Å²) >= 11 is 5.96. The molecule has 1 saturated carbocycles. The highest BCUT2D eigenvalue weighted by Gasteiger charge is 2.43. The summed E-state index contributed by atoms with van der Waals surface area (Å²) in [7, 11) is 0.0824. The Balaban J connectivity index is 2.29. The predicted octanol–water partition coefficient (Wildman–Crippen LogP) is 4.45. The molecular weight excluding hydrogens is 272 g/mol. The van der Waals surface area contributed by atoms with Gasteiger partial charge in [0.15, 0.2) is 0 Å². The van der Waals surface area contributed by atoms with Crippen LogP contribution >= 0.6 is 11.6 Å². The third kappa shape index (κ3) is 3.42. The van der Waals surface area contributed by atoms with Crippen LogP contribution < -0.4 is 5.19 Å². The number of halogens is 1. The topological polar surface area (TPSA) is 9.23 Å². The maximum Gasteiger partial charge on any atom is 0.226 e. The van der Waals surface area contributed by atoms with Gasteiger partial charge in [-0.2, -0.15) is 0 Å². The molecule has 0 bridgehead atoms. The van der Waals surface area contributed by atoms with Gasteiger partial charge in [0, 0.05) is 13.0 Å². The minimum Gasteiger partial charge on any atom is -0.415 e. The van der Waals surface area contributed by atoms with Crippen molar-refractivity contribution in [1.82, 2.24) is 0 Å². The summed E-state index contributed by atoms with van der Waals surface area (Å²) < 4.78 is 6.25. The molecule has 106 valence electrons. The second kappa shape index (κ2) is 7.46. The lowest BCUT2D eigenvalue weighted by Crippen LogP contribution is -2.54. The first-order valence-electron chi connectivity index (χ1n) is 7.50. The van der Waals surface area contributed by atoms with E-state index in [-0.39, 0.29) is 0 Å². The van der Waals surface area contributed by atoms with Gasteiger partial charge < -0.3 is 4.43 Å². The van der Waals surface area contributed by atoms with E-state index in [1.807, 2.05) is 7.11 Å². The summed E-state index contributed by atoms with van der Waals surface area (Å²) in [6.07, 6.45) is 7.91. The first-order chi connectivity index (χ1) is 9.33. The molecule has 1 atom stereocenters. The van der Waals surface area contributed by atoms with E-state index in [9.17, 15) is 0 Å². The Morgan fingerprint density at radius 2 is 1.84 bits per heavy atom. The average molecular weight is 297 g/mol. The Morgan fingerprint density at radius 1 is 1.16 bits per heavy atom. The summed E-state index contributed by atoms with van der Waals surface area (Å²) in [5.41, 5.74) is 0.775. The second-order valence-electron chi connectivity index (χ2n) is 5.59. The zero-order valence-electron chi connectivity index (χ0n) is 11.9. The summed E-state index contributed by atoms with van der Waals surface area (Å²) in [5, 5.41) is 1.47. The highest BCUT2D eigenvalue weighted by Crippen LogP contribution is 2.39. The first kappa shape index (κ1) is 15.1. The Kier molecular flexibility index (Phi) is 5.93. The minimum atomic E-state index is -1.85. The van der Waals surface area contributed by atoms with Gasteiger partial charge in [-0.3, -0.25) is 0 Å². The molecule has 1 aromatic carbocycles. The van der Waals surface area contributed by atoms with Gasteiger partial charge in [-0.05, 0) is 23.2 Å². The molecule has 0 saturated heterocycles. The summed E-state index contributed by atoms with van der Waals surface area (Å²) in [4.78, 5) is 0. The molecular formula is C16H25ClOSi. The molecule has 0 amide bonds. The normalized spacial score (nSPS) is 20.1. The van der Waals surface area contributed by atoms with Crippen molar-refractivity contribution in [2.24, 2.45) is 0 Å². The fraction of sp³-hybridized carbons (Fsp3) is 0.625. The number of alkyl halides is 1. The zero-order valence-corrected chi connectivity index (χ0v) is 13.7. The zero-order chi connectivity index (χ0) is 13.6. The molecule has 1 aromatic rings. The van der Waals surface area contributed by atoms with E-state index in [1.165, 1.54) is 43.3 Å². The lowest BCUT2D eigenvalue weighted by Gasteiger charge is -2.40. The quantitative estimate of drug-likeness (QED) is 0.557. The maximum absolute atomic E-state index is 6.25. The molecule has 0 heterocycles. The van der Waals surface area contributed by atoms with Crippen LogP contribution in [-0.4, -0.2) is 21.3 Å². The molecule has 1 unspecified atom stereocenters. The molecule has 0 radical (unpaired) electrons. The van der Waals surface area contributed by atoms with Crippen LogP contribution in [0.25, 0.3) is 0 Å². The van der Waals surface area contributed by atoms with Crippen LogP contribution in [0.15, 0.2) is 30.3 Å². The molecule has 0 spiro atoms. The maximum atomic E-state index is 6.25. The van der Waals surface area contributed by atoms with Crippen molar-refractivity contribution in [3.05, 3.63) is 30.3 Å². The van der Waals surface area contributed by atoms with Gasteiger partial charge in [-0.1, -0.05) is 62.4 Å². The lowest BCUT2D eigenvalue weighted by atomic mass is 10.0. The van der Waals surface area contributed by atoms with E-state index in [4.69, 9.17) is 16.0 Å². The minimum absolute atomic E-state index is 0.748. The van der Waals surface area contributed by atoms with Gasteiger partial charge >= 0.3 is 0 Å². The third-order valence-corrected chi connectivity index (χ3v) is 9.87. The van der Waals surface area contributed by atoms with Gasteiger partial charge in [0.1, 0.15) is 0 Å². The molecule has 1 aliphatic rings. The Morgan fingerprint density at radius 3 is 2.42 bits per heavy atom. The monoisotopic (exact) mass is 296 g/mol.